The molecule has 2 atom stereocenters. The number of carbonyl (C=O) groups excluding carboxylic acids is 1. The van der Waals surface area contributed by atoms with Gasteiger partial charge in [0.1, 0.15) is 0 Å². The van der Waals surface area contributed by atoms with Crippen molar-refractivity contribution in [2.75, 3.05) is 6.54 Å². The molecule has 0 saturated heterocycles. The number of fused-ring (bicyclic) bond motifs is 1. The number of hydrogen-bond donors (Lipinski definition) is 3. The van der Waals surface area contributed by atoms with E-state index in [1.807, 2.05) is 24.3 Å². The molecular formula is C14H20N2O2. The fraction of sp³-hybridized carbons (Fsp3) is 0.500. The van der Waals surface area contributed by atoms with Crippen molar-refractivity contribution < 1.29 is 9.90 Å². The summed E-state index contributed by atoms with van der Waals surface area (Å²) in [6, 6.07) is 7.48. The van der Waals surface area contributed by atoms with Crippen molar-refractivity contribution in [2.45, 2.75) is 32.4 Å². The van der Waals surface area contributed by atoms with Gasteiger partial charge in [-0.3, -0.25) is 4.79 Å². The third kappa shape index (κ3) is 2.26. The average Bonchev–Trinajstić information content (AvgIpc) is 2.66. The van der Waals surface area contributed by atoms with E-state index in [-0.39, 0.29) is 18.5 Å². The van der Waals surface area contributed by atoms with E-state index in [1.54, 1.807) is 13.8 Å². The molecule has 0 fully saturated rings. The van der Waals surface area contributed by atoms with Crippen LogP contribution >= 0.6 is 0 Å². The number of nitrogens with two attached hydrogens (primary N) is 1. The van der Waals surface area contributed by atoms with Crippen molar-refractivity contribution in [1.82, 2.24) is 5.32 Å². The fourth-order valence-electron chi connectivity index (χ4n) is 2.18. The normalized spacial score (nSPS) is 22.7. The summed E-state index contributed by atoms with van der Waals surface area (Å²) in [5.74, 6) is -0.120. The van der Waals surface area contributed by atoms with Crippen molar-refractivity contribution in [3.05, 3.63) is 35.4 Å². The molecule has 1 aliphatic rings. The number of hydrogen-bond acceptors (Lipinski definition) is 3. The lowest BCUT2D eigenvalue weighted by molar-refractivity contribution is -0.130. The molecule has 2 rings (SSSR count). The van der Waals surface area contributed by atoms with Gasteiger partial charge >= 0.3 is 0 Å². The van der Waals surface area contributed by atoms with Crippen LogP contribution in [0.25, 0.3) is 0 Å². The molecule has 0 aromatic heterocycles. The summed E-state index contributed by atoms with van der Waals surface area (Å²) < 4.78 is 0. The average molecular weight is 248 g/mol. The lowest BCUT2D eigenvalue weighted by Crippen LogP contribution is -2.45. The minimum atomic E-state index is -0.614. The Balaban J connectivity index is 2.18. The first-order valence-electron chi connectivity index (χ1n) is 6.22. The molecule has 0 unspecified atom stereocenters. The van der Waals surface area contributed by atoms with Gasteiger partial charge in [0.15, 0.2) is 0 Å². The summed E-state index contributed by atoms with van der Waals surface area (Å²) in [5.41, 5.74) is 7.08. The van der Waals surface area contributed by atoms with Crippen LogP contribution in [0.2, 0.25) is 0 Å². The number of aliphatic hydroxyl groups is 1. The van der Waals surface area contributed by atoms with Gasteiger partial charge in [-0.1, -0.05) is 24.3 Å². The van der Waals surface area contributed by atoms with Crippen LogP contribution in [0.15, 0.2) is 24.3 Å². The first kappa shape index (κ1) is 13.1. The maximum absolute atomic E-state index is 12.1. The standard InChI is InChI=1S/C14H20N2O2/c1-14(2,8-15)13(18)16-12-10-6-4-3-5-9(10)7-11(12)17/h3-6,11-12,17H,7-8,15H2,1-2H3,(H,16,18)/t11-,12+/m0/s1. The Morgan fingerprint density at radius 3 is 2.83 bits per heavy atom. The molecule has 4 heteroatoms. The van der Waals surface area contributed by atoms with Crippen molar-refractivity contribution in [3.8, 4) is 0 Å². The Labute approximate surface area is 107 Å². The molecule has 0 radical (unpaired) electrons. The smallest absolute Gasteiger partial charge is 0.227 e. The Morgan fingerprint density at radius 1 is 1.50 bits per heavy atom. The lowest BCUT2D eigenvalue weighted by atomic mass is 9.92. The van der Waals surface area contributed by atoms with Crippen molar-refractivity contribution in [1.29, 1.82) is 0 Å². The second-order valence-electron chi connectivity index (χ2n) is 5.51. The Morgan fingerprint density at radius 2 is 2.17 bits per heavy atom. The Bertz CT molecular complexity index is 457. The maximum atomic E-state index is 12.1. The monoisotopic (exact) mass is 248 g/mol. The van der Waals surface area contributed by atoms with Crippen LogP contribution in [0.1, 0.15) is 31.0 Å². The molecule has 18 heavy (non-hydrogen) atoms. The second-order valence-corrected chi connectivity index (χ2v) is 5.51. The molecule has 0 saturated carbocycles. The van der Waals surface area contributed by atoms with E-state index in [0.29, 0.717) is 6.42 Å². The van der Waals surface area contributed by atoms with Gasteiger partial charge in [-0.15, -0.1) is 0 Å². The number of benzene rings is 1. The Kier molecular flexibility index (Phi) is 3.41. The first-order chi connectivity index (χ1) is 8.45. The van der Waals surface area contributed by atoms with E-state index in [4.69, 9.17) is 5.73 Å². The van der Waals surface area contributed by atoms with Gasteiger partial charge in [0, 0.05) is 13.0 Å². The highest BCUT2D eigenvalue weighted by Gasteiger charge is 2.35. The topological polar surface area (TPSA) is 75.4 Å². The molecule has 0 bridgehead atoms. The summed E-state index contributed by atoms with van der Waals surface area (Å²) in [5, 5.41) is 13.0. The molecule has 98 valence electrons. The molecule has 4 nitrogen and oxygen atoms in total. The molecule has 1 amide bonds. The van der Waals surface area contributed by atoms with Crippen molar-refractivity contribution in [3.63, 3.8) is 0 Å². The zero-order chi connectivity index (χ0) is 13.3. The van der Waals surface area contributed by atoms with Gasteiger partial charge in [0.25, 0.3) is 0 Å². The first-order valence-corrected chi connectivity index (χ1v) is 6.22. The van der Waals surface area contributed by atoms with E-state index in [0.717, 1.165) is 11.1 Å². The van der Waals surface area contributed by atoms with Crippen LogP contribution in [-0.2, 0) is 11.2 Å². The molecule has 0 heterocycles. The number of amides is 1. The van der Waals surface area contributed by atoms with E-state index in [2.05, 4.69) is 5.32 Å². The van der Waals surface area contributed by atoms with Crippen molar-refractivity contribution in [2.24, 2.45) is 11.1 Å². The summed E-state index contributed by atoms with van der Waals surface area (Å²) >= 11 is 0. The van der Waals surface area contributed by atoms with Crippen molar-refractivity contribution >= 4 is 5.91 Å². The fourth-order valence-corrected chi connectivity index (χ4v) is 2.18. The minimum absolute atomic E-state index is 0.120. The summed E-state index contributed by atoms with van der Waals surface area (Å²) in [7, 11) is 0. The van der Waals surface area contributed by atoms with Gasteiger partial charge in [0.05, 0.1) is 17.6 Å². The van der Waals surface area contributed by atoms with E-state index < -0.39 is 11.5 Å². The highest BCUT2D eigenvalue weighted by molar-refractivity contribution is 5.82. The Hall–Kier alpha value is -1.39. The number of carbonyl (C=O) groups is 1. The van der Waals surface area contributed by atoms with Crippen LogP contribution in [0.4, 0.5) is 0 Å². The van der Waals surface area contributed by atoms with Gasteiger partial charge in [-0.25, -0.2) is 0 Å². The number of aliphatic hydroxyl groups excluding tert-OH is 1. The van der Waals surface area contributed by atoms with Crippen LogP contribution in [0.3, 0.4) is 0 Å². The summed E-state index contributed by atoms with van der Waals surface area (Å²) in [4.78, 5) is 12.1. The predicted octanol–water partition coefficient (Wildman–Crippen LogP) is 0.746. The molecule has 0 spiro atoms. The molecule has 1 aromatic rings. The summed E-state index contributed by atoms with van der Waals surface area (Å²) in [6.45, 7) is 3.88. The molecule has 4 N–H and O–H groups in total. The van der Waals surface area contributed by atoms with Crippen LogP contribution in [0.5, 0.6) is 0 Å². The highest BCUT2D eigenvalue weighted by Crippen LogP contribution is 2.32. The second kappa shape index (κ2) is 4.71. The van der Waals surface area contributed by atoms with Crippen LogP contribution in [-0.4, -0.2) is 23.7 Å². The van der Waals surface area contributed by atoms with Gasteiger partial charge in [-0.2, -0.15) is 0 Å². The zero-order valence-electron chi connectivity index (χ0n) is 10.8. The summed E-state index contributed by atoms with van der Waals surface area (Å²) in [6.07, 6.45) is 0.0318. The SMILES string of the molecule is CC(C)(CN)C(=O)N[C@@H]1c2ccccc2C[C@@H]1O. The van der Waals surface area contributed by atoms with Gasteiger partial charge in [0.2, 0.25) is 5.91 Å². The van der Waals surface area contributed by atoms with Gasteiger partial charge in [-0.05, 0) is 25.0 Å². The van der Waals surface area contributed by atoms with Crippen LogP contribution in [0, 0.1) is 5.41 Å². The van der Waals surface area contributed by atoms with Gasteiger partial charge < -0.3 is 16.2 Å². The van der Waals surface area contributed by atoms with E-state index >= 15 is 0 Å². The van der Waals surface area contributed by atoms with Crippen LogP contribution < -0.4 is 11.1 Å². The quantitative estimate of drug-likeness (QED) is 0.738. The predicted molar refractivity (Wildman–Crippen MR) is 69.9 cm³/mol. The molecule has 1 aromatic carbocycles. The zero-order valence-corrected chi connectivity index (χ0v) is 10.8. The third-order valence-corrected chi connectivity index (χ3v) is 3.62. The van der Waals surface area contributed by atoms with E-state index in [9.17, 15) is 9.90 Å². The number of rotatable bonds is 3. The maximum Gasteiger partial charge on any atom is 0.227 e. The highest BCUT2D eigenvalue weighted by atomic mass is 16.3. The lowest BCUT2D eigenvalue weighted by Gasteiger charge is -2.26. The largest absolute Gasteiger partial charge is 0.390 e. The molecule has 0 aliphatic heterocycles. The van der Waals surface area contributed by atoms with E-state index in [1.165, 1.54) is 0 Å². The number of nitrogens with one attached hydrogen (secondary N) is 1. The molecular weight excluding hydrogens is 228 g/mol. The third-order valence-electron chi connectivity index (χ3n) is 3.62. The minimum Gasteiger partial charge on any atom is -0.390 e. The molecule has 1 aliphatic carbocycles.